The van der Waals surface area contributed by atoms with Crippen LogP contribution >= 0.6 is 11.3 Å². The number of piperidine rings is 1. The number of amides is 1. The van der Waals surface area contributed by atoms with Crippen LogP contribution in [0, 0.1) is 12.3 Å². The molecule has 3 rings (SSSR count). The molecule has 1 amide bonds. The Morgan fingerprint density at radius 2 is 1.90 bits per heavy atom. The van der Waals surface area contributed by atoms with Crippen molar-refractivity contribution in [2.24, 2.45) is 5.41 Å². The standard InChI is InChI=1S/C16H25N3O2S.C2HF3O2/c1-13-17-14(12-22-13)11-18-6-3-16(4-7-18)5-8-19(15(16)20)9-10-21-2;3-2(4,5)1(6)7/h12H,3-11H2,1-2H3;(H,6,7). The monoisotopic (exact) mass is 437 g/mol. The lowest BCUT2D eigenvalue weighted by molar-refractivity contribution is -0.192. The zero-order valence-corrected chi connectivity index (χ0v) is 17.3. The molecule has 0 unspecified atom stereocenters. The van der Waals surface area contributed by atoms with Gasteiger partial charge in [-0.25, -0.2) is 9.78 Å². The Labute approximate surface area is 171 Å². The van der Waals surface area contributed by atoms with Crippen molar-refractivity contribution in [3.8, 4) is 0 Å². The molecular weight excluding hydrogens is 411 g/mol. The van der Waals surface area contributed by atoms with Gasteiger partial charge in [0.1, 0.15) is 0 Å². The second kappa shape index (κ2) is 9.86. The summed E-state index contributed by atoms with van der Waals surface area (Å²) >= 11 is 1.71. The van der Waals surface area contributed by atoms with Crippen molar-refractivity contribution >= 4 is 23.2 Å². The molecule has 0 radical (unpaired) electrons. The Morgan fingerprint density at radius 3 is 2.38 bits per heavy atom. The molecule has 3 heterocycles. The fraction of sp³-hybridized carbons (Fsp3) is 0.722. The van der Waals surface area contributed by atoms with E-state index >= 15 is 0 Å². The minimum atomic E-state index is -5.08. The van der Waals surface area contributed by atoms with E-state index in [1.54, 1.807) is 18.4 Å². The van der Waals surface area contributed by atoms with Crippen molar-refractivity contribution in [1.29, 1.82) is 0 Å². The highest BCUT2D eigenvalue weighted by molar-refractivity contribution is 7.09. The minimum Gasteiger partial charge on any atom is -0.475 e. The molecule has 29 heavy (non-hydrogen) atoms. The summed E-state index contributed by atoms with van der Waals surface area (Å²) in [5, 5.41) is 10.4. The van der Waals surface area contributed by atoms with Crippen molar-refractivity contribution in [1.82, 2.24) is 14.8 Å². The smallest absolute Gasteiger partial charge is 0.475 e. The van der Waals surface area contributed by atoms with Crippen LogP contribution in [0.15, 0.2) is 5.38 Å². The molecule has 0 bridgehead atoms. The molecule has 11 heteroatoms. The first-order chi connectivity index (χ1) is 13.6. The summed E-state index contributed by atoms with van der Waals surface area (Å²) in [5.41, 5.74) is 1.07. The first-order valence-corrected chi connectivity index (χ1v) is 10.2. The van der Waals surface area contributed by atoms with Crippen molar-refractivity contribution in [2.45, 2.75) is 38.9 Å². The van der Waals surface area contributed by atoms with Crippen LogP contribution in [0.25, 0.3) is 0 Å². The number of aromatic nitrogens is 1. The van der Waals surface area contributed by atoms with Gasteiger partial charge >= 0.3 is 12.1 Å². The Balaban J connectivity index is 0.000000370. The van der Waals surface area contributed by atoms with Crippen molar-refractivity contribution < 1.29 is 32.6 Å². The molecule has 1 aromatic rings. The van der Waals surface area contributed by atoms with E-state index in [-0.39, 0.29) is 5.41 Å². The van der Waals surface area contributed by atoms with Gasteiger partial charge in [-0.05, 0) is 39.3 Å². The molecule has 0 aromatic carbocycles. The first kappa shape index (κ1) is 23.6. The number of thiazole rings is 1. The minimum absolute atomic E-state index is 0.0950. The fourth-order valence-electron chi connectivity index (χ4n) is 3.62. The third-order valence-corrected chi connectivity index (χ3v) is 6.10. The number of carboxylic acids is 1. The predicted molar refractivity (Wildman–Crippen MR) is 101 cm³/mol. The summed E-state index contributed by atoms with van der Waals surface area (Å²) in [4.78, 5) is 30.6. The zero-order valence-electron chi connectivity index (χ0n) is 16.5. The van der Waals surface area contributed by atoms with E-state index in [2.05, 4.69) is 15.3 Å². The summed E-state index contributed by atoms with van der Waals surface area (Å²) in [6, 6.07) is 0. The van der Waals surface area contributed by atoms with Gasteiger partial charge < -0.3 is 14.7 Å². The Kier molecular flexibility index (Phi) is 8.01. The van der Waals surface area contributed by atoms with E-state index in [9.17, 15) is 18.0 Å². The summed E-state index contributed by atoms with van der Waals surface area (Å²) in [7, 11) is 1.69. The second-order valence-electron chi connectivity index (χ2n) is 7.25. The van der Waals surface area contributed by atoms with Crippen LogP contribution < -0.4 is 0 Å². The summed E-state index contributed by atoms with van der Waals surface area (Å²) in [5.74, 6) is -2.40. The number of aliphatic carboxylic acids is 1. The van der Waals surface area contributed by atoms with E-state index in [0.717, 1.165) is 62.7 Å². The number of carboxylic acid groups (broad SMARTS) is 1. The number of nitrogens with zero attached hydrogens (tertiary/aromatic N) is 3. The molecule has 7 nitrogen and oxygen atoms in total. The van der Waals surface area contributed by atoms with Gasteiger partial charge in [0.25, 0.3) is 0 Å². The summed E-state index contributed by atoms with van der Waals surface area (Å²) < 4.78 is 36.8. The van der Waals surface area contributed by atoms with E-state index in [1.807, 2.05) is 11.8 Å². The quantitative estimate of drug-likeness (QED) is 0.762. The lowest BCUT2D eigenvalue weighted by atomic mass is 9.77. The molecule has 0 atom stereocenters. The molecular formula is C18H26F3N3O4S. The van der Waals surface area contributed by atoms with Crippen LogP contribution in [0.5, 0.6) is 0 Å². The molecule has 1 aromatic heterocycles. The maximum Gasteiger partial charge on any atom is 0.490 e. The Hall–Kier alpha value is -1.72. The van der Waals surface area contributed by atoms with E-state index in [4.69, 9.17) is 14.6 Å². The van der Waals surface area contributed by atoms with Crippen molar-refractivity contribution in [2.75, 3.05) is 39.9 Å². The molecule has 164 valence electrons. The average Bonchev–Trinajstić information content (AvgIpc) is 3.19. The number of likely N-dealkylation sites (tertiary alicyclic amines) is 2. The maximum atomic E-state index is 12.7. The number of carbonyl (C=O) groups is 2. The molecule has 0 saturated carbocycles. The number of alkyl halides is 3. The molecule has 1 N–H and O–H groups in total. The number of hydrogen-bond acceptors (Lipinski definition) is 6. The molecule has 2 aliphatic rings. The third kappa shape index (κ3) is 6.38. The number of ether oxygens (including phenoxy) is 1. The number of carbonyl (C=O) groups excluding carboxylic acids is 1. The number of rotatable bonds is 5. The van der Waals surface area contributed by atoms with Gasteiger partial charge in [0.05, 0.1) is 22.7 Å². The maximum absolute atomic E-state index is 12.7. The van der Waals surface area contributed by atoms with Gasteiger partial charge in [-0.3, -0.25) is 9.69 Å². The number of aryl methyl sites for hydroxylation is 1. The van der Waals surface area contributed by atoms with Gasteiger partial charge in [-0.2, -0.15) is 13.2 Å². The van der Waals surface area contributed by atoms with Crippen LogP contribution in [0.1, 0.15) is 30.0 Å². The van der Waals surface area contributed by atoms with E-state index < -0.39 is 12.1 Å². The molecule has 2 fully saturated rings. The van der Waals surface area contributed by atoms with Gasteiger partial charge in [0.2, 0.25) is 5.91 Å². The SMILES string of the molecule is COCCN1CCC2(CCN(Cc3csc(C)n3)CC2)C1=O.O=C(O)C(F)(F)F. The highest BCUT2D eigenvalue weighted by Gasteiger charge is 2.47. The highest BCUT2D eigenvalue weighted by atomic mass is 32.1. The average molecular weight is 437 g/mol. The normalized spacial score (nSPS) is 19.3. The van der Waals surface area contributed by atoms with Crippen molar-refractivity contribution in [3.05, 3.63) is 16.1 Å². The zero-order chi connectivity index (χ0) is 21.7. The van der Waals surface area contributed by atoms with Crippen molar-refractivity contribution in [3.63, 3.8) is 0 Å². The summed E-state index contributed by atoms with van der Waals surface area (Å²) in [6.45, 7) is 7.23. The van der Waals surface area contributed by atoms with Gasteiger partial charge in [0, 0.05) is 32.1 Å². The van der Waals surface area contributed by atoms with Crippen LogP contribution in [-0.4, -0.2) is 77.8 Å². The van der Waals surface area contributed by atoms with Crippen LogP contribution in [0.2, 0.25) is 0 Å². The fourth-order valence-corrected chi connectivity index (χ4v) is 4.22. The number of halogens is 3. The molecule has 1 spiro atoms. The lowest BCUT2D eigenvalue weighted by Gasteiger charge is -2.37. The lowest BCUT2D eigenvalue weighted by Crippen LogP contribution is -2.44. The number of hydrogen-bond donors (Lipinski definition) is 1. The van der Waals surface area contributed by atoms with E-state index in [0.29, 0.717) is 12.5 Å². The largest absolute Gasteiger partial charge is 0.490 e. The Bertz CT molecular complexity index is 703. The Morgan fingerprint density at radius 1 is 1.31 bits per heavy atom. The third-order valence-electron chi connectivity index (χ3n) is 5.27. The van der Waals surface area contributed by atoms with Crippen LogP contribution in [0.3, 0.4) is 0 Å². The highest BCUT2D eigenvalue weighted by Crippen LogP contribution is 2.41. The molecule has 0 aliphatic carbocycles. The second-order valence-corrected chi connectivity index (χ2v) is 8.31. The van der Waals surface area contributed by atoms with Gasteiger partial charge in [-0.1, -0.05) is 0 Å². The van der Waals surface area contributed by atoms with E-state index in [1.165, 1.54) is 0 Å². The van der Waals surface area contributed by atoms with Gasteiger partial charge in [0.15, 0.2) is 0 Å². The predicted octanol–water partition coefficient (Wildman–Crippen LogP) is 2.55. The van der Waals surface area contributed by atoms with Crippen LogP contribution in [0.4, 0.5) is 13.2 Å². The summed E-state index contributed by atoms with van der Waals surface area (Å²) in [6.07, 6.45) is -2.10. The number of methoxy groups -OCH3 is 1. The van der Waals surface area contributed by atoms with Gasteiger partial charge in [-0.15, -0.1) is 11.3 Å². The molecule has 2 aliphatic heterocycles. The first-order valence-electron chi connectivity index (χ1n) is 9.29. The molecule has 2 saturated heterocycles. The topological polar surface area (TPSA) is 83.0 Å². The van der Waals surface area contributed by atoms with Crippen LogP contribution in [-0.2, 0) is 20.9 Å².